The Bertz CT molecular complexity index is 1240. The van der Waals surface area contributed by atoms with Crippen LogP contribution in [0.4, 0.5) is 27.6 Å². The van der Waals surface area contributed by atoms with E-state index in [1.165, 1.54) is 6.07 Å². The number of nitrogens with one attached hydrogen (secondary N) is 2. The lowest BCUT2D eigenvalue weighted by molar-refractivity contribution is -0.282. The molecule has 2 N–H and O–H groups in total. The predicted octanol–water partition coefficient (Wildman–Crippen LogP) is 5.47. The molecule has 2 fully saturated rings. The normalized spacial score (nSPS) is 22.2. The van der Waals surface area contributed by atoms with E-state index in [2.05, 4.69) is 10.3 Å². The number of halogens is 7. The number of carbonyl (C=O) groups is 1. The number of aliphatic imine (C=N–C) groups is 1. The van der Waals surface area contributed by atoms with E-state index in [1.807, 2.05) is 11.5 Å². The molecule has 2 aromatic rings. The van der Waals surface area contributed by atoms with E-state index in [-0.39, 0.29) is 10.0 Å². The SMILES string of the molecule is N#CC1(NC(=O)c2c(F)ccc(N=C3CC(c4cc(Cl)cc(Cl)c4)(C(F)(F)F)ON3)c2F)CC1. The molecule has 0 bridgehead atoms. The van der Waals surface area contributed by atoms with Crippen LogP contribution in [0.2, 0.25) is 10.0 Å². The molecule has 1 saturated carbocycles. The highest BCUT2D eigenvalue weighted by atomic mass is 35.5. The van der Waals surface area contributed by atoms with Crippen molar-refractivity contribution in [2.45, 2.75) is 36.6 Å². The number of benzene rings is 2. The van der Waals surface area contributed by atoms with E-state index in [9.17, 15) is 26.7 Å². The topological polar surface area (TPSA) is 86.5 Å². The van der Waals surface area contributed by atoms with Crippen molar-refractivity contribution in [2.24, 2.45) is 4.99 Å². The van der Waals surface area contributed by atoms with E-state index in [0.29, 0.717) is 12.8 Å². The maximum atomic E-state index is 15.0. The molecule has 1 aliphatic heterocycles. The van der Waals surface area contributed by atoms with Gasteiger partial charge in [-0.05, 0) is 48.7 Å². The number of rotatable bonds is 4. The van der Waals surface area contributed by atoms with Gasteiger partial charge >= 0.3 is 6.18 Å². The van der Waals surface area contributed by atoms with Gasteiger partial charge in [0, 0.05) is 10.0 Å². The molecule has 1 saturated heterocycles. The first-order valence-electron chi connectivity index (χ1n) is 9.66. The Morgan fingerprint density at radius 2 is 1.82 bits per heavy atom. The van der Waals surface area contributed by atoms with Gasteiger partial charge in [-0.1, -0.05) is 23.2 Å². The first kappa shape index (κ1) is 24.2. The molecule has 1 atom stereocenters. The number of nitriles is 1. The number of hydrogen-bond acceptors (Lipinski definition) is 4. The van der Waals surface area contributed by atoms with Gasteiger partial charge in [0.1, 0.15) is 28.4 Å². The summed E-state index contributed by atoms with van der Waals surface area (Å²) in [4.78, 5) is 21.0. The molecule has 34 heavy (non-hydrogen) atoms. The minimum atomic E-state index is -4.96. The highest BCUT2D eigenvalue weighted by Crippen LogP contribution is 2.48. The summed E-state index contributed by atoms with van der Waals surface area (Å²) in [7, 11) is 0. The van der Waals surface area contributed by atoms with Gasteiger partial charge in [-0.3, -0.25) is 15.1 Å². The Hall–Kier alpha value is -2.94. The molecule has 0 spiro atoms. The van der Waals surface area contributed by atoms with Crippen LogP contribution in [-0.2, 0) is 10.4 Å². The van der Waals surface area contributed by atoms with Crippen molar-refractivity contribution in [3.05, 3.63) is 63.1 Å². The van der Waals surface area contributed by atoms with Crippen LogP contribution in [0.5, 0.6) is 0 Å². The molecular weight excluding hydrogens is 506 g/mol. The van der Waals surface area contributed by atoms with Crippen molar-refractivity contribution >= 4 is 40.6 Å². The van der Waals surface area contributed by atoms with Crippen LogP contribution < -0.4 is 10.8 Å². The summed E-state index contributed by atoms with van der Waals surface area (Å²) in [6.45, 7) is 0. The zero-order valence-corrected chi connectivity index (χ0v) is 18.4. The molecule has 2 aromatic carbocycles. The second kappa shape index (κ2) is 8.37. The average molecular weight is 519 g/mol. The van der Waals surface area contributed by atoms with Gasteiger partial charge in [-0.25, -0.2) is 13.8 Å². The zero-order valence-electron chi connectivity index (χ0n) is 16.9. The number of amides is 1. The van der Waals surface area contributed by atoms with Gasteiger partial charge in [-0.2, -0.15) is 18.4 Å². The molecule has 1 amide bonds. The van der Waals surface area contributed by atoms with Gasteiger partial charge < -0.3 is 5.32 Å². The fourth-order valence-corrected chi connectivity index (χ4v) is 3.96. The number of hydrogen-bond donors (Lipinski definition) is 2. The Kier molecular flexibility index (Phi) is 5.96. The fraction of sp³-hybridized carbons (Fsp3) is 0.286. The molecule has 13 heteroatoms. The summed E-state index contributed by atoms with van der Waals surface area (Å²) in [5.74, 6) is -4.25. The standard InChI is InChI=1S/C21H13Cl2F5N4O2/c22-11-5-10(6-12(23)7-11)20(21(26,27)28)8-15(32-34-20)30-14-2-1-13(24)16(17(14)25)18(33)31-19(9-29)3-4-19/h1-2,5-7H,3-4,8H2,(H,30,32)(H,31,33). The number of alkyl halides is 3. The van der Waals surface area contributed by atoms with Gasteiger partial charge in [0.25, 0.3) is 5.91 Å². The second-order valence-electron chi connectivity index (χ2n) is 7.83. The molecular formula is C21H13Cl2F5N4O2. The third-order valence-corrected chi connectivity index (χ3v) is 5.85. The van der Waals surface area contributed by atoms with Crippen molar-refractivity contribution < 1.29 is 31.6 Å². The number of nitrogens with zero attached hydrogens (tertiary/aromatic N) is 2. The summed E-state index contributed by atoms with van der Waals surface area (Å²) in [5, 5.41) is 11.2. The maximum Gasteiger partial charge on any atom is 0.424 e. The van der Waals surface area contributed by atoms with Gasteiger partial charge in [-0.15, -0.1) is 0 Å². The lowest BCUT2D eigenvalue weighted by Crippen LogP contribution is -2.42. The van der Waals surface area contributed by atoms with Crippen LogP contribution in [0.15, 0.2) is 35.3 Å². The van der Waals surface area contributed by atoms with Crippen LogP contribution in [0.3, 0.4) is 0 Å². The van der Waals surface area contributed by atoms with Crippen molar-refractivity contribution in [3.63, 3.8) is 0 Å². The highest BCUT2D eigenvalue weighted by Gasteiger charge is 2.62. The van der Waals surface area contributed by atoms with Crippen LogP contribution in [0.25, 0.3) is 0 Å². The Morgan fingerprint density at radius 1 is 1.18 bits per heavy atom. The Morgan fingerprint density at radius 3 is 2.38 bits per heavy atom. The van der Waals surface area contributed by atoms with Crippen LogP contribution in [-0.4, -0.2) is 23.5 Å². The second-order valence-corrected chi connectivity index (χ2v) is 8.70. The first-order valence-corrected chi connectivity index (χ1v) is 10.4. The van der Waals surface area contributed by atoms with Gasteiger partial charge in [0.2, 0.25) is 5.60 Å². The molecule has 6 nitrogen and oxygen atoms in total. The summed E-state index contributed by atoms with van der Waals surface area (Å²) in [6, 6.07) is 6.75. The molecule has 0 aromatic heterocycles. The summed E-state index contributed by atoms with van der Waals surface area (Å²) < 4.78 is 71.4. The van der Waals surface area contributed by atoms with Crippen LogP contribution in [0.1, 0.15) is 35.2 Å². The Balaban J connectivity index is 1.69. The number of carbonyl (C=O) groups excluding carboxylic acids is 1. The highest BCUT2D eigenvalue weighted by molar-refractivity contribution is 6.34. The zero-order chi connectivity index (χ0) is 24.9. The third kappa shape index (κ3) is 4.29. The van der Waals surface area contributed by atoms with E-state index in [4.69, 9.17) is 33.3 Å². The number of hydroxylamine groups is 1. The maximum absolute atomic E-state index is 15.0. The molecule has 1 heterocycles. The largest absolute Gasteiger partial charge is 0.424 e. The monoisotopic (exact) mass is 518 g/mol. The average Bonchev–Trinajstić information content (AvgIpc) is 3.36. The number of amidine groups is 1. The first-order chi connectivity index (χ1) is 15.9. The van der Waals surface area contributed by atoms with Crippen molar-refractivity contribution in [3.8, 4) is 6.07 Å². The molecule has 1 unspecified atom stereocenters. The van der Waals surface area contributed by atoms with Crippen molar-refractivity contribution in [1.82, 2.24) is 10.8 Å². The third-order valence-electron chi connectivity index (χ3n) is 5.42. The summed E-state index contributed by atoms with van der Waals surface area (Å²) in [5.41, 5.74) is -4.14. The molecule has 4 rings (SSSR count). The van der Waals surface area contributed by atoms with Crippen LogP contribution in [0, 0.1) is 23.0 Å². The fourth-order valence-electron chi connectivity index (χ4n) is 3.44. The molecule has 178 valence electrons. The van der Waals surface area contributed by atoms with Gasteiger partial charge in [0.15, 0.2) is 5.82 Å². The lowest BCUT2D eigenvalue weighted by atomic mass is 9.90. The predicted molar refractivity (Wildman–Crippen MR) is 112 cm³/mol. The van der Waals surface area contributed by atoms with E-state index < -0.39 is 63.9 Å². The summed E-state index contributed by atoms with van der Waals surface area (Å²) in [6.07, 6.45) is -5.22. The minimum Gasteiger partial charge on any atom is -0.334 e. The van der Waals surface area contributed by atoms with E-state index >= 15 is 0 Å². The molecule has 2 aliphatic rings. The van der Waals surface area contributed by atoms with Crippen molar-refractivity contribution in [1.29, 1.82) is 5.26 Å². The smallest absolute Gasteiger partial charge is 0.334 e. The summed E-state index contributed by atoms with van der Waals surface area (Å²) >= 11 is 11.7. The van der Waals surface area contributed by atoms with Gasteiger partial charge in [0.05, 0.1) is 12.5 Å². The lowest BCUT2D eigenvalue weighted by Gasteiger charge is -2.29. The minimum absolute atomic E-state index is 0.0637. The van der Waals surface area contributed by atoms with Crippen LogP contribution >= 0.6 is 23.2 Å². The molecule has 0 radical (unpaired) electrons. The quantitative estimate of drug-likeness (QED) is 0.525. The van der Waals surface area contributed by atoms with Crippen molar-refractivity contribution in [2.75, 3.05) is 0 Å². The van der Waals surface area contributed by atoms with E-state index in [1.54, 1.807) is 0 Å². The van der Waals surface area contributed by atoms with E-state index in [0.717, 1.165) is 24.3 Å². The Labute approximate surface area is 199 Å². The molecule has 1 aliphatic carbocycles.